The van der Waals surface area contributed by atoms with Crippen molar-refractivity contribution < 1.29 is 18.6 Å². The predicted molar refractivity (Wildman–Crippen MR) is 62.9 cm³/mol. The van der Waals surface area contributed by atoms with E-state index in [1.165, 1.54) is 6.92 Å². The van der Waals surface area contributed by atoms with Gasteiger partial charge in [-0.1, -0.05) is 0 Å². The first-order valence-corrected chi connectivity index (χ1v) is 5.88. The lowest BCUT2D eigenvalue weighted by atomic mass is 9.68. The molecule has 3 nitrogen and oxygen atoms in total. The average Bonchev–Trinajstić information content (AvgIpc) is 2.77. The van der Waals surface area contributed by atoms with Crippen LogP contribution in [-0.2, 0) is 10.3 Å². The van der Waals surface area contributed by atoms with E-state index < -0.39 is 22.7 Å². The van der Waals surface area contributed by atoms with Crippen molar-refractivity contribution in [2.45, 2.75) is 18.9 Å². The number of rotatable bonds is 3. The van der Waals surface area contributed by atoms with Gasteiger partial charge in [-0.05, 0) is 31.0 Å². The van der Waals surface area contributed by atoms with Crippen LogP contribution in [0.4, 0.5) is 8.78 Å². The van der Waals surface area contributed by atoms with Crippen LogP contribution in [0.25, 0.3) is 0 Å². The molecule has 0 radical (unpaired) electrons. The number of benzene rings is 1. The number of nitrogens with two attached hydrogens (primary N) is 1. The highest BCUT2D eigenvalue weighted by Gasteiger charge is 2.50. The van der Waals surface area contributed by atoms with E-state index in [0.717, 1.165) is 18.2 Å². The third-order valence-corrected chi connectivity index (χ3v) is 3.95. The molecule has 2 unspecified atom stereocenters. The fraction of sp³-hybridized carbons (Fsp3) is 0.538. The van der Waals surface area contributed by atoms with Gasteiger partial charge in [0, 0.05) is 24.6 Å². The minimum Gasteiger partial charge on any atom is -0.385 e. The molecule has 1 fully saturated rings. The highest BCUT2D eigenvalue weighted by Crippen LogP contribution is 2.45. The topological polar surface area (TPSA) is 55.5 Å². The van der Waals surface area contributed by atoms with E-state index in [2.05, 4.69) is 0 Å². The van der Waals surface area contributed by atoms with E-state index in [9.17, 15) is 13.9 Å². The van der Waals surface area contributed by atoms with E-state index in [1.54, 1.807) is 0 Å². The molecule has 2 rings (SSSR count). The van der Waals surface area contributed by atoms with Gasteiger partial charge in [0.25, 0.3) is 0 Å². The highest BCUT2D eigenvalue weighted by molar-refractivity contribution is 5.27. The van der Waals surface area contributed by atoms with E-state index in [4.69, 9.17) is 10.5 Å². The molecule has 3 N–H and O–H groups in total. The molecule has 1 aliphatic heterocycles. The molecule has 18 heavy (non-hydrogen) atoms. The summed E-state index contributed by atoms with van der Waals surface area (Å²) in [6.07, 6.45) is 0.564. The van der Waals surface area contributed by atoms with Crippen LogP contribution in [0.3, 0.4) is 0 Å². The Labute approximate surface area is 105 Å². The third-order valence-electron chi connectivity index (χ3n) is 3.95. The second kappa shape index (κ2) is 4.57. The smallest absolute Gasteiger partial charge is 0.126 e. The molecule has 0 aromatic heterocycles. The summed E-state index contributed by atoms with van der Waals surface area (Å²) in [7, 11) is 0. The molecule has 0 bridgehead atoms. The molecule has 0 spiro atoms. The number of halogens is 2. The van der Waals surface area contributed by atoms with Crippen LogP contribution in [0.5, 0.6) is 0 Å². The minimum atomic E-state index is -1.43. The molecular formula is C13H17F2NO2. The van der Waals surface area contributed by atoms with E-state index in [0.29, 0.717) is 13.0 Å². The number of ether oxygens (including phenoxy) is 1. The van der Waals surface area contributed by atoms with Gasteiger partial charge in [0.2, 0.25) is 0 Å². The second-order valence-corrected chi connectivity index (χ2v) is 5.02. The van der Waals surface area contributed by atoms with Crippen molar-refractivity contribution in [2.75, 3.05) is 19.8 Å². The summed E-state index contributed by atoms with van der Waals surface area (Å²) in [5.41, 5.74) is 3.80. The Hall–Kier alpha value is -1.04. The van der Waals surface area contributed by atoms with Crippen molar-refractivity contribution in [3.05, 3.63) is 35.4 Å². The molecule has 1 heterocycles. The van der Waals surface area contributed by atoms with Gasteiger partial charge in [-0.15, -0.1) is 0 Å². The summed E-state index contributed by atoms with van der Waals surface area (Å²) < 4.78 is 31.8. The van der Waals surface area contributed by atoms with Crippen LogP contribution < -0.4 is 5.73 Å². The SMILES string of the molecule is CC(O)(c1cc(F)cc(F)c1)C1(CN)CCOC1. The van der Waals surface area contributed by atoms with Gasteiger partial charge < -0.3 is 15.6 Å². The van der Waals surface area contributed by atoms with E-state index in [1.807, 2.05) is 0 Å². The van der Waals surface area contributed by atoms with Crippen molar-refractivity contribution in [1.29, 1.82) is 0 Å². The van der Waals surface area contributed by atoms with Crippen molar-refractivity contribution in [3.63, 3.8) is 0 Å². The lowest BCUT2D eigenvalue weighted by molar-refractivity contribution is -0.0750. The third kappa shape index (κ3) is 2.02. The molecule has 1 aromatic carbocycles. The van der Waals surface area contributed by atoms with Crippen LogP contribution in [-0.4, -0.2) is 24.9 Å². The summed E-state index contributed by atoms with van der Waals surface area (Å²) >= 11 is 0. The highest BCUT2D eigenvalue weighted by atomic mass is 19.1. The number of hydrogen-bond donors (Lipinski definition) is 2. The number of hydrogen-bond acceptors (Lipinski definition) is 3. The van der Waals surface area contributed by atoms with Crippen LogP contribution in [0.2, 0.25) is 0 Å². The van der Waals surface area contributed by atoms with Crippen molar-refractivity contribution in [2.24, 2.45) is 11.1 Å². The zero-order chi connectivity index (χ0) is 13.4. The Morgan fingerprint density at radius 2 is 2.00 bits per heavy atom. The van der Waals surface area contributed by atoms with Crippen LogP contribution in [0.15, 0.2) is 18.2 Å². The first kappa shape index (κ1) is 13.4. The zero-order valence-corrected chi connectivity index (χ0v) is 10.2. The molecule has 2 atom stereocenters. The fourth-order valence-corrected chi connectivity index (χ4v) is 2.49. The fourth-order valence-electron chi connectivity index (χ4n) is 2.49. The lowest BCUT2D eigenvalue weighted by Crippen LogP contribution is -2.49. The second-order valence-electron chi connectivity index (χ2n) is 5.02. The standard InChI is InChI=1S/C13H17F2NO2/c1-12(17,13(7-16)2-3-18-8-13)9-4-10(14)6-11(15)5-9/h4-6,17H,2-3,7-8,16H2,1H3. The summed E-state index contributed by atoms with van der Waals surface area (Å²) in [5, 5.41) is 10.7. The van der Waals surface area contributed by atoms with Gasteiger partial charge in [-0.3, -0.25) is 0 Å². The van der Waals surface area contributed by atoms with E-state index in [-0.39, 0.29) is 18.7 Å². The molecule has 0 saturated carbocycles. The zero-order valence-electron chi connectivity index (χ0n) is 10.2. The van der Waals surface area contributed by atoms with Gasteiger partial charge >= 0.3 is 0 Å². The Kier molecular flexibility index (Phi) is 3.40. The maximum absolute atomic E-state index is 13.3. The average molecular weight is 257 g/mol. The first-order chi connectivity index (χ1) is 8.41. The van der Waals surface area contributed by atoms with Crippen LogP contribution in [0, 0.1) is 17.0 Å². The lowest BCUT2D eigenvalue weighted by Gasteiger charge is -2.41. The van der Waals surface area contributed by atoms with Crippen molar-refractivity contribution in [3.8, 4) is 0 Å². The van der Waals surface area contributed by atoms with Crippen LogP contribution >= 0.6 is 0 Å². The number of aliphatic hydroxyl groups is 1. The Morgan fingerprint density at radius 3 is 2.44 bits per heavy atom. The molecule has 1 saturated heterocycles. The molecule has 0 amide bonds. The molecule has 0 aliphatic carbocycles. The molecule has 1 aliphatic rings. The Morgan fingerprint density at radius 1 is 1.39 bits per heavy atom. The largest absolute Gasteiger partial charge is 0.385 e. The Bertz CT molecular complexity index is 422. The molecule has 100 valence electrons. The van der Waals surface area contributed by atoms with Gasteiger partial charge in [-0.2, -0.15) is 0 Å². The first-order valence-electron chi connectivity index (χ1n) is 5.88. The summed E-state index contributed by atoms with van der Waals surface area (Å²) in [6, 6.07) is 3.05. The predicted octanol–water partition coefficient (Wildman–Crippen LogP) is 1.54. The summed E-state index contributed by atoms with van der Waals surface area (Å²) in [4.78, 5) is 0. The monoisotopic (exact) mass is 257 g/mol. The maximum atomic E-state index is 13.3. The van der Waals surface area contributed by atoms with Gasteiger partial charge in [0.15, 0.2) is 0 Å². The van der Waals surface area contributed by atoms with Gasteiger partial charge in [0.1, 0.15) is 11.6 Å². The molecule has 5 heteroatoms. The summed E-state index contributed by atoms with van der Waals surface area (Å²) in [6.45, 7) is 2.50. The minimum absolute atomic E-state index is 0.191. The quantitative estimate of drug-likeness (QED) is 0.863. The van der Waals surface area contributed by atoms with Crippen LogP contribution in [0.1, 0.15) is 18.9 Å². The van der Waals surface area contributed by atoms with Crippen molar-refractivity contribution >= 4 is 0 Å². The van der Waals surface area contributed by atoms with Gasteiger partial charge in [-0.25, -0.2) is 8.78 Å². The molecular weight excluding hydrogens is 240 g/mol. The van der Waals surface area contributed by atoms with Crippen molar-refractivity contribution in [1.82, 2.24) is 0 Å². The van der Waals surface area contributed by atoms with E-state index >= 15 is 0 Å². The maximum Gasteiger partial charge on any atom is 0.126 e. The van der Waals surface area contributed by atoms with Gasteiger partial charge in [0.05, 0.1) is 12.2 Å². The molecule has 1 aromatic rings. The normalized spacial score (nSPS) is 27.2. The summed E-state index contributed by atoms with van der Waals surface area (Å²) in [5.74, 6) is -1.42. The Balaban J connectivity index is 2.45.